The molecule has 0 amide bonds. The molecule has 0 spiro atoms. The second kappa shape index (κ2) is 5.39. The van der Waals surface area contributed by atoms with Crippen LogP contribution in [0.1, 0.15) is 29.7 Å². The molecule has 0 aliphatic carbocycles. The SMILES string of the molecule is CCC(CSC)n1nnc2c(C(=O)O)cccc21. The maximum Gasteiger partial charge on any atom is 0.338 e. The van der Waals surface area contributed by atoms with E-state index in [1.165, 1.54) is 0 Å². The van der Waals surface area contributed by atoms with E-state index in [1.54, 1.807) is 23.9 Å². The number of carboxylic acid groups (broad SMARTS) is 1. The van der Waals surface area contributed by atoms with E-state index >= 15 is 0 Å². The highest BCUT2D eigenvalue weighted by atomic mass is 32.2. The lowest BCUT2D eigenvalue weighted by molar-refractivity contribution is 0.0699. The van der Waals surface area contributed by atoms with Crippen LogP contribution >= 0.6 is 11.8 Å². The summed E-state index contributed by atoms with van der Waals surface area (Å²) in [7, 11) is 0. The summed E-state index contributed by atoms with van der Waals surface area (Å²) in [6.45, 7) is 2.09. The topological polar surface area (TPSA) is 68.0 Å². The van der Waals surface area contributed by atoms with Gasteiger partial charge in [-0.1, -0.05) is 18.2 Å². The van der Waals surface area contributed by atoms with Gasteiger partial charge < -0.3 is 5.11 Å². The molecule has 0 bridgehead atoms. The number of carbonyl (C=O) groups is 1. The Morgan fingerprint density at radius 3 is 2.94 bits per heavy atom. The summed E-state index contributed by atoms with van der Waals surface area (Å²) in [5, 5.41) is 17.2. The Bertz CT molecular complexity index is 567. The number of aromatic nitrogens is 3. The number of fused-ring (bicyclic) bond motifs is 1. The number of hydrogen-bond donors (Lipinski definition) is 1. The Kier molecular flexibility index (Phi) is 3.86. The van der Waals surface area contributed by atoms with Gasteiger partial charge in [-0.25, -0.2) is 9.48 Å². The van der Waals surface area contributed by atoms with Crippen LogP contribution in [0.2, 0.25) is 0 Å². The normalized spacial score (nSPS) is 12.8. The van der Waals surface area contributed by atoms with E-state index in [1.807, 2.05) is 17.0 Å². The molecular weight excluding hydrogens is 250 g/mol. The van der Waals surface area contributed by atoms with Crippen LogP contribution in [0.3, 0.4) is 0 Å². The van der Waals surface area contributed by atoms with Gasteiger partial charge in [0.15, 0.2) is 0 Å². The maximum absolute atomic E-state index is 11.1. The molecule has 18 heavy (non-hydrogen) atoms. The fraction of sp³-hybridized carbons (Fsp3) is 0.417. The van der Waals surface area contributed by atoms with E-state index < -0.39 is 5.97 Å². The second-order valence-corrected chi connectivity index (χ2v) is 4.94. The van der Waals surface area contributed by atoms with Crippen molar-refractivity contribution in [2.24, 2.45) is 0 Å². The third kappa shape index (κ3) is 2.20. The van der Waals surface area contributed by atoms with Gasteiger partial charge in [0.1, 0.15) is 5.52 Å². The molecule has 1 unspecified atom stereocenters. The van der Waals surface area contributed by atoms with Gasteiger partial charge in [0.2, 0.25) is 0 Å². The summed E-state index contributed by atoms with van der Waals surface area (Å²) in [4.78, 5) is 11.1. The molecule has 0 aliphatic heterocycles. The minimum absolute atomic E-state index is 0.206. The highest BCUT2D eigenvalue weighted by molar-refractivity contribution is 7.98. The second-order valence-electron chi connectivity index (χ2n) is 4.03. The average molecular weight is 265 g/mol. The molecule has 5 nitrogen and oxygen atoms in total. The molecule has 2 aromatic rings. The first-order chi connectivity index (χ1) is 8.69. The zero-order valence-electron chi connectivity index (χ0n) is 10.3. The third-order valence-electron chi connectivity index (χ3n) is 2.91. The number of thioether (sulfide) groups is 1. The van der Waals surface area contributed by atoms with Crippen molar-refractivity contribution in [1.29, 1.82) is 0 Å². The van der Waals surface area contributed by atoms with Crippen molar-refractivity contribution in [3.63, 3.8) is 0 Å². The Morgan fingerprint density at radius 2 is 2.33 bits per heavy atom. The molecule has 0 saturated heterocycles. The van der Waals surface area contributed by atoms with Gasteiger partial charge in [0, 0.05) is 5.75 Å². The standard InChI is InChI=1S/C12H15N3O2S/c1-3-8(7-18-2)15-10-6-4-5-9(12(16)17)11(10)13-14-15/h4-6,8H,3,7H2,1-2H3,(H,16,17). The summed E-state index contributed by atoms with van der Waals surface area (Å²) in [5.74, 6) is -0.0303. The number of carboxylic acids is 1. The van der Waals surface area contributed by atoms with Crippen molar-refractivity contribution in [3.05, 3.63) is 23.8 Å². The fourth-order valence-electron chi connectivity index (χ4n) is 1.96. The van der Waals surface area contributed by atoms with Crippen LogP contribution < -0.4 is 0 Å². The van der Waals surface area contributed by atoms with Crippen molar-refractivity contribution in [3.8, 4) is 0 Å². The number of benzene rings is 1. The van der Waals surface area contributed by atoms with Crippen molar-refractivity contribution in [2.45, 2.75) is 19.4 Å². The molecule has 0 saturated carbocycles. The van der Waals surface area contributed by atoms with E-state index in [0.717, 1.165) is 17.7 Å². The number of hydrogen-bond acceptors (Lipinski definition) is 4. The molecule has 2 rings (SSSR count). The number of nitrogens with zero attached hydrogens (tertiary/aromatic N) is 3. The van der Waals surface area contributed by atoms with Crippen LogP contribution in [0.5, 0.6) is 0 Å². The molecule has 96 valence electrons. The van der Waals surface area contributed by atoms with Crippen molar-refractivity contribution < 1.29 is 9.90 Å². The highest BCUT2D eigenvalue weighted by Gasteiger charge is 2.17. The van der Waals surface area contributed by atoms with Gasteiger partial charge in [-0.3, -0.25) is 0 Å². The molecule has 6 heteroatoms. The van der Waals surface area contributed by atoms with Gasteiger partial charge in [0.25, 0.3) is 0 Å². The lowest BCUT2D eigenvalue weighted by Gasteiger charge is -2.14. The minimum atomic E-state index is -0.967. The summed E-state index contributed by atoms with van der Waals surface area (Å²) >= 11 is 1.75. The molecule has 0 aliphatic rings. The third-order valence-corrected chi connectivity index (χ3v) is 3.63. The molecule has 1 atom stereocenters. The largest absolute Gasteiger partial charge is 0.478 e. The van der Waals surface area contributed by atoms with Crippen LogP contribution in [0, 0.1) is 0 Å². The van der Waals surface area contributed by atoms with Crippen molar-refractivity contribution in [1.82, 2.24) is 15.0 Å². The van der Waals surface area contributed by atoms with Gasteiger partial charge in [-0.15, -0.1) is 5.10 Å². The molecule has 1 heterocycles. The summed E-state index contributed by atoms with van der Waals surface area (Å²) in [5.41, 5.74) is 1.46. The van der Waals surface area contributed by atoms with Crippen molar-refractivity contribution in [2.75, 3.05) is 12.0 Å². The lowest BCUT2D eigenvalue weighted by Crippen LogP contribution is -2.12. The van der Waals surface area contributed by atoms with Gasteiger partial charge >= 0.3 is 5.97 Å². The average Bonchev–Trinajstić information content (AvgIpc) is 2.79. The minimum Gasteiger partial charge on any atom is -0.478 e. The Balaban J connectivity index is 2.54. The fourth-order valence-corrected chi connectivity index (χ4v) is 2.72. The van der Waals surface area contributed by atoms with E-state index in [9.17, 15) is 4.79 Å². The van der Waals surface area contributed by atoms with Crippen LogP contribution in [0.15, 0.2) is 18.2 Å². The zero-order chi connectivity index (χ0) is 13.1. The molecule has 0 radical (unpaired) electrons. The number of rotatable bonds is 5. The quantitative estimate of drug-likeness (QED) is 0.899. The zero-order valence-corrected chi connectivity index (χ0v) is 11.1. The predicted octanol–water partition coefficient (Wildman–Crippen LogP) is 2.44. The van der Waals surface area contributed by atoms with E-state index in [-0.39, 0.29) is 11.6 Å². The first kappa shape index (κ1) is 12.9. The smallest absolute Gasteiger partial charge is 0.338 e. The first-order valence-electron chi connectivity index (χ1n) is 5.75. The molecular formula is C12H15N3O2S. The lowest BCUT2D eigenvalue weighted by atomic mass is 10.1. The predicted molar refractivity (Wildman–Crippen MR) is 72.2 cm³/mol. The molecule has 0 fully saturated rings. The van der Waals surface area contributed by atoms with Crippen LogP contribution in [0.4, 0.5) is 0 Å². The van der Waals surface area contributed by atoms with Gasteiger partial charge in [-0.05, 0) is 24.8 Å². The van der Waals surface area contributed by atoms with E-state index in [4.69, 9.17) is 5.11 Å². The summed E-state index contributed by atoms with van der Waals surface area (Å²) < 4.78 is 1.83. The number of aromatic carboxylic acids is 1. The van der Waals surface area contributed by atoms with Crippen molar-refractivity contribution >= 4 is 28.8 Å². The van der Waals surface area contributed by atoms with Crippen LogP contribution in [-0.2, 0) is 0 Å². The Hall–Kier alpha value is -1.56. The van der Waals surface area contributed by atoms with E-state index in [0.29, 0.717) is 5.52 Å². The summed E-state index contributed by atoms with van der Waals surface area (Å²) in [6, 6.07) is 5.40. The van der Waals surface area contributed by atoms with E-state index in [2.05, 4.69) is 17.2 Å². The highest BCUT2D eigenvalue weighted by Crippen LogP contribution is 2.23. The van der Waals surface area contributed by atoms with Gasteiger partial charge in [0.05, 0.1) is 17.1 Å². The summed E-state index contributed by atoms with van der Waals surface area (Å²) in [6.07, 6.45) is 2.99. The van der Waals surface area contributed by atoms with Crippen LogP contribution in [-0.4, -0.2) is 38.1 Å². The Morgan fingerprint density at radius 1 is 1.56 bits per heavy atom. The Labute approximate surface area is 109 Å². The monoisotopic (exact) mass is 265 g/mol. The molecule has 1 aromatic heterocycles. The maximum atomic E-state index is 11.1. The molecule has 1 N–H and O–H groups in total. The molecule has 1 aromatic carbocycles. The van der Waals surface area contributed by atoms with Crippen LogP contribution in [0.25, 0.3) is 11.0 Å². The van der Waals surface area contributed by atoms with Gasteiger partial charge in [-0.2, -0.15) is 11.8 Å². The first-order valence-corrected chi connectivity index (χ1v) is 7.14.